The summed E-state index contributed by atoms with van der Waals surface area (Å²) in [5.41, 5.74) is 4.28. The standard InChI is InChI=1S/C25H30N8/c1-5-18-12-17(2)13-20(27-18)29-24-30-21(15-23(31-24)33-10-7-25(3,4)16-33)28-19-6-9-32-11-8-26-22(32)14-19/h6,8-9,11-15H,5,7,10,16H2,1-4H3,(H2,27,28,29,30,31). The molecule has 8 heteroatoms. The summed E-state index contributed by atoms with van der Waals surface area (Å²) in [7, 11) is 0. The molecular formula is C25H30N8. The number of hydrogen-bond acceptors (Lipinski definition) is 7. The molecule has 0 amide bonds. The molecule has 0 atom stereocenters. The first-order chi connectivity index (χ1) is 15.9. The highest BCUT2D eigenvalue weighted by molar-refractivity contribution is 5.66. The van der Waals surface area contributed by atoms with Crippen molar-refractivity contribution in [2.45, 2.75) is 40.5 Å². The van der Waals surface area contributed by atoms with Crippen LogP contribution in [0.2, 0.25) is 0 Å². The summed E-state index contributed by atoms with van der Waals surface area (Å²) in [5, 5.41) is 6.78. The minimum Gasteiger partial charge on any atom is -0.356 e. The van der Waals surface area contributed by atoms with Gasteiger partial charge in [-0.25, -0.2) is 9.97 Å². The number of fused-ring (bicyclic) bond motifs is 1. The number of nitrogens with one attached hydrogen (secondary N) is 2. The van der Waals surface area contributed by atoms with Gasteiger partial charge < -0.3 is 19.9 Å². The first-order valence-corrected chi connectivity index (χ1v) is 11.5. The third-order valence-corrected chi connectivity index (χ3v) is 6.01. The normalized spacial score (nSPS) is 15.2. The third kappa shape index (κ3) is 4.74. The number of aromatic nitrogens is 5. The summed E-state index contributed by atoms with van der Waals surface area (Å²) in [6.45, 7) is 10.7. The number of rotatable bonds is 6. The van der Waals surface area contributed by atoms with Crippen LogP contribution in [0.5, 0.6) is 0 Å². The molecule has 5 heterocycles. The lowest BCUT2D eigenvalue weighted by Gasteiger charge is -2.22. The average molecular weight is 443 g/mol. The second-order valence-electron chi connectivity index (χ2n) is 9.50. The predicted molar refractivity (Wildman–Crippen MR) is 133 cm³/mol. The van der Waals surface area contributed by atoms with Gasteiger partial charge in [0.05, 0.1) is 0 Å². The summed E-state index contributed by atoms with van der Waals surface area (Å²) < 4.78 is 1.98. The summed E-state index contributed by atoms with van der Waals surface area (Å²) in [6, 6.07) is 10.2. The van der Waals surface area contributed by atoms with Crippen LogP contribution in [-0.2, 0) is 6.42 Å². The Morgan fingerprint density at radius 1 is 1.00 bits per heavy atom. The highest BCUT2D eigenvalue weighted by Gasteiger charge is 2.30. The van der Waals surface area contributed by atoms with Crippen LogP contribution < -0.4 is 15.5 Å². The van der Waals surface area contributed by atoms with Crippen molar-refractivity contribution in [2.24, 2.45) is 5.41 Å². The van der Waals surface area contributed by atoms with E-state index in [1.165, 1.54) is 0 Å². The average Bonchev–Trinajstić information content (AvgIpc) is 3.38. The van der Waals surface area contributed by atoms with Gasteiger partial charge in [0.25, 0.3) is 0 Å². The van der Waals surface area contributed by atoms with Crippen molar-refractivity contribution in [3.05, 3.63) is 60.2 Å². The van der Waals surface area contributed by atoms with Gasteiger partial charge >= 0.3 is 0 Å². The van der Waals surface area contributed by atoms with Gasteiger partial charge in [0, 0.05) is 55.2 Å². The molecular weight excluding hydrogens is 412 g/mol. The predicted octanol–water partition coefficient (Wildman–Crippen LogP) is 5.11. The van der Waals surface area contributed by atoms with E-state index in [2.05, 4.69) is 54.3 Å². The van der Waals surface area contributed by atoms with Crippen molar-refractivity contribution in [1.29, 1.82) is 0 Å². The number of aryl methyl sites for hydroxylation is 2. The van der Waals surface area contributed by atoms with Crippen LogP contribution in [0, 0.1) is 12.3 Å². The summed E-state index contributed by atoms with van der Waals surface area (Å²) in [4.78, 5) is 21.0. The fourth-order valence-corrected chi connectivity index (χ4v) is 4.26. The second-order valence-corrected chi connectivity index (χ2v) is 9.50. The van der Waals surface area contributed by atoms with Gasteiger partial charge in [0.2, 0.25) is 5.95 Å². The summed E-state index contributed by atoms with van der Waals surface area (Å²) in [6.07, 6.45) is 7.72. The minimum absolute atomic E-state index is 0.270. The van der Waals surface area contributed by atoms with Crippen molar-refractivity contribution in [2.75, 3.05) is 28.6 Å². The Bertz CT molecular complexity index is 1290. The topological polar surface area (TPSA) is 83.3 Å². The van der Waals surface area contributed by atoms with E-state index >= 15 is 0 Å². The molecule has 1 fully saturated rings. The lowest BCUT2D eigenvalue weighted by molar-refractivity contribution is 0.418. The van der Waals surface area contributed by atoms with Crippen LogP contribution in [0.1, 0.15) is 38.4 Å². The Morgan fingerprint density at radius 2 is 1.85 bits per heavy atom. The highest BCUT2D eigenvalue weighted by Crippen LogP contribution is 2.33. The van der Waals surface area contributed by atoms with Crippen LogP contribution in [0.4, 0.5) is 29.1 Å². The Kier molecular flexibility index (Phi) is 5.36. The highest BCUT2D eigenvalue weighted by atomic mass is 15.3. The molecule has 4 aromatic rings. The van der Waals surface area contributed by atoms with Crippen LogP contribution in [0.3, 0.4) is 0 Å². The molecule has 2 N–H and O–H groups in total. The molecule has 0 spiro atoms. The maximum absolute atomic E-state index is 4.85. The van der Waals surface area contributed by atoms with Crippen molar-refractivity contribution in [3.8, 4) is 0 Å². The van der Waals surface area contributed by atoms with Gasteiger partial charge in [-0.1, -0.05) is 20.8 Å². The maximum atomic E-state index is 4.85. The molecule has 4 aromatic heterocycles. The molecule has 5 rings (SSSR count). The molecule has 1 aliphatic heterocycles. The van der Waals surface area contributed by atoms with E-state index in [-0.39, 0.29) is 5.41 Å². The minimum atomic E-state index is 0.270. The molecule has 0 aliphatic carbocycles. The van der Waals surface area contributed by atoms with Crippen LogP contribution in [0.25, 0.3) is 5.65 Å². The van der Waals surface area contributed by atoms with Crippen molar-refractivity contribution in [1.82, 2.24) is 24.3 Å². The van der Waals surface area contributed by atoms with Crippen LogP contribution in [-0.4, -0.2) is 37.4 Å². The first-order valence-electron chi connectivity index (χ1n) is 11.5. The lowest BCUT2D eigenvalue weighted by atomic mass is 9.93. The number of anilines is 5. The Hall–Kier alpha value is -3.68. The molecule has 0 saturated carbocycles. The zero-order chi connectivity index (χ0) is 23.0. The molecule has 33 heavy (non-hydrogen) atoms. The van der Waals surface area contributed by atoms with Gasteiger partial charge in [-0.3, -0.25) is 0 Å². The van der Waals surface area contributed by atoms with Gasteiger partial charge in [-0.15, -0.1) is 0 Å². The largest absolute Gasteiger partial charge is 0.356 e. The number of imidazole rings is 1. The van der Waals surface area contributed by atoms with E-state index in [0.29, 0.717) is 5.95 Å². The van der Waals surface area contributed by atoms with Crippen LogP contribution in [0.15, 0.2) is 48.9 Å². The SMILES string of the molecule is CCc1cc(C)cc(Nc2nc(Nc3ccn4ccnc4c3)cc(N3CCC(C)(C)C3)n2)n1. The first kappa shape index (κ1) is 21.2. The van der Waals surface area contributed by atoms with Crippen molar-refractivity contribution < 1.29 is 0 Å². The quantitative estimate of drug-likeness (QED) is 0.429. The fraction of sp³-hybridized carbons (Fsp3) is 0.360. The Morgan fingerprint density at radius 3 is 2.64 bits per heavy atom. The Balaban J connectivity index is 1.49. The lowest BCUT2D eigenvalue weighted by Crippen LogP contribution is -2.24. The molecule has 8 nitrogen and oxygen atoms in total. The molecule has 1 aliphatic rings. The van der Waals surface area contributed by atoms with Gasteiger partial charge in [-0.2, -0.15) is 9.97 Å². The number of hydrogen-bond donors (Lipinski definition) is 2. The molecule has 0 aromatic carbocycles. The molecule has 0 radical (unpaired) electrons. The van der Waals surface area contributed by atoms with Crippen LogP contribution >= 0.6 is 0 Å². The number of pyridine rings is 2. The Labute approximate surface area is 194 Å². The fourth-order valence-electron chi connectivity index (χ4n) is 4.26. The van der Waals surface area contributed by atoms with E-state index in [1.54, 1.807) is 6.20 Å². The summed E-state index contributed by atoms with van der Waals surface area (Å²) in [5.74, 6) is 2.93. The zero-order valence-electron chi connectivity index (χ0n) is 19.6. The maximum Gasteiger partial charge on any atom is 0.232 e. The van der Waals surface area contributed by atoms with Crippen molar-refractivity contribution in [3.63, 3.8) is 0 Å². The third-order valence-electron chi connectivity index (χ3n) is 6.01. The van der Waals surface area contributed by atoms with Gasteiger partial charge in [0.1, 0.15) is 23.1 Å². The van der Waals surface area contributed by atoms with Gasteiger partial charge in [0.15, 0.2) is 0 Å². The smallest absolute Gasteiger partial charge is 0.232 e. The molecule has 1 saturated heterocycles. The molecule has 170 valence electrons. The van der Waals surface area contributed by atoms with E-state index in [1.807, 2.05) is 41.1 Å². The van der Waals surface area contributed by atoms with E-state index in [0.717, 1.165) is 66.0 Å². The molecule has 0 bridgehead atoms. The zero-order valence-corrected chi connectivity index (χ0v) is 19.6. The van der Waals surface area contributed by atoms with Crippen molar-refractivity contribution >= 4 is 34.7 Å². The molecule has 0 unspecified atom stereocenters. The summed E-state index contributed by atoms with van der Waals surface area (Å²) >= 11 is 0. The van der Waals surface area contributed by atoms with E-state index in [9.17, 15) is 0 Å². The van der Waals surface area contributed by atoms with E-state index < -0.39 is 0 Å². The van der Waals surface area contributed by atoms with E-state index in [4.69, 9.17) is 15.0 Å². The monoisotopic (exact) mass is 442 g/mol. The second kappa shape index (κ2) is 8.35. The number of nitrogens with zero attached hydrogens (tertiary/aromatic N) is 6. The van der Waals surface area contributed by atoms with Gasteiger partial charge in [-0.05, 0) is 48.9 Å².